The van der Waals surface area contributed by atoms with E-state index in [1.54, 1.807) is 0 Å². The van der Waals surface area contributed by atoms with E-state index in [4.69, 9.17) is 0 Å². The molecule has 0 saturated carbocycles. The molecule has 1 heteroatoms. The van der Waals surface area contributed by atoms with Crippen LogP contribution in [0.1, 0.15) is 50.8 Å². The van der Waals surface area contributed by atoms with E-state index in [1.807, 2.05) is 0 Å². The van der Waals surface area contributed by atoms with Crippen LogP contribution in [0.15, 0.2) is 18.5 Å². The maximum Gasteiger partial charge on any atom is 0.0274 e. The van der Waals surface area contributed by atoms with Crippen molar-refractivity contribution in [3.8, 4) is 0 Å². The van der Waals surface area contributed by atoms with E-state index < -0.39 is 0 Å². The third kappa shape index (κ3) is 1.41. The second-order valence-electron chi connectivity index (χ2n) is 4.72. The number of aromatic nitrogens is 1. The van der Waals surface area contributed by atoms with Gasteiger partial charge in [-0.15, -0.1) is 0 Å². The van der Waals surface area contributed by atoms with Gasteiger partial charge in [0.1, 0.15) is 0 Å². The van der Waals surface area contributed by atoms with Crippen LogP contribution in [0.25, 0.3) is 6.08 Å². The Morgan fingerprint density at radius 3 is 2.57 bits per heavy atom. The van der Waals surface area contributed by atoms with Gasteiger partial charge in [-0.3, -0.25) is 0 Å². The molecule has 14 heavy (non-hydrogen) atoms. The van der Waals surface area contributed by atoms with E-state index in [0.717, 1.165) is 0 Å². The summed E-state index contributed by atoms with van der Waals surface area (Å²) in [6.45, 7) is 9.06. The Bertz CT molecular complexity index is 357. The summed E-state index contributed by atoms with van der Waals surface area (Å²) in [4.78, 5) is 0. The van der Waals surface area contributed by atoms with E-state index in [-0.39, 0.29) is 0 Å². The zero-order valence-electron chi connectivity index (χ0n) is 9.49. The van der Waals surface area contributed by atoms with Crippen molar-refractivity contribution < 1.29 is 0 Å². The van der Waals surface area contributed by atoms with Crippen LogP contribution in [0, 0.1) is 5.92 Å². The van der Waals surface area contributed by atoms with Gasteiger partial charge in [0.15, 0.2) is 0 Å². The van der Waals surface area contributed by atoms with E-state index >= 15 is 0 Å². The normalized spacial score (nSPS) is 25.5. The lowest BCUT2D eigenvalue weighted by molar-refractivity contribution is 0.574. The Hall–Kier alpha value is -0.980. The Kier molecular flexibility index (Phi) is 2.26. The van der Waals surface area contributed by atoms with Crippen LogP contribution in [-0.2, 0) is 0 Å². The fourth-order valence-corrected chi connectivity index (χ4v) is 2.03. The molecule has 2 atom stereocenters. The third-order valence-corrected chi connectivity index (χ3v) is 3.36. The largest absolute Gasteiger partial charge is 0.351 e. The van der Waals surface area contributed by atoms with E-state index in [9.17, 15) is 0 Å². The molecule has 0 radical (unpaired) electrons. The molecule has 0 bridgehead atoms. The van der Waals surface area contributed by atoms with Crippen molar-refractivity contribution in [2.75, 3.05) is 0 Å². The van der Waals surface area contributed by atoms with Gasteiger partial charge in [0.2, 0.25) is 0 Å². The monoisotopic (exact) mass is 189 g/mol. The number of fused-ring (bicyclic) bond motifs is 1. The summed E-state index contributed by atoms with van der Waals surface area (Å²) >= 11 is 0. The smallest absolute Gasteiger partial charge is 0.0274 e. The van der Waals surface area contributed by atoms with Crippen molar-refractivity contribution in [1.29, 1.82) is 0 Å². The van der Waals surface area contributed by atoms with Gasteiger partial charge in [0.25, 0.3) is 0 Å². The SMILES string of the molecule is CC1C=Cc2cn(C(C)C)cc2C1C. The van der Waals surface area contributed by atoms with Crippen LogP contribution in [0.4, 0.5) is 0 Å². The highest BCUT2D eigenvalue weighted by atomic mass is 15.0. The topological polar surface area (TPSA) is 4.93 Å². The molecule has 0 amide bonds. The van der Waals surface area contributed by atoms with Crippen molar-refractivity contribution >= 4 is 6.08 Å². The molecule has 1 nitrogen and oxygen atoms in total. The Balaban J connectivity index is 2.43. The van der Waals surface area contributed by atoms with Crippen molar-refractivity contribution in [2.45, 2.75) is 39.7 Å². The van der Waals surface area contributed by atoms with Crippen LogP contribution < -0.4 is 0 Å². The predicted molar refractivity (Wildman–Crippen MR) is 61.4 cm³/mol. The molecule has 0 N–H and O–H groups in total. The zero-order chi connectivity index (χ0) is 10.3. The number of hydrogen-bond donors (Lipinski definition) is 0. The second kappa shape index (κ2) is 3.30. The minimum Gasteiger partial charge on any atom is -0.351 e. The molecular weight excluding hydrogens is 170 g/mol. The zero-order valence-corrected chi connectivity index (χ0v) is 9.49. The van der Waals surface area contributed by atoms with Gasteiger partial charge in [-0.25, -0.2) is 0 Å². The second-order valence-corrected chi connectivity index (χ2v) is 4.72. The van der Waals surface area contributed by atoms with Gasteiger partial charge in [-0.2, -0.15) is 0 Å². The first-order valence-corrected chi connectivity index (χ1v) is 5.49. The summed E-state index contributed by atoms with van der Waals surface area (Å²) in [7, 11) is 0. The highest BCUT2D eigenvalue weighted by molar-refractivity contribution is 5.57. The molecule has 1 aromatic heterocycles. The van der Waals surface area contributed by atoms with Gasteiger partial charge in [-0.05, 0) is 36.8 Å². The minimum atomic E-state index is 0.566. The summed E-state index contributed by atoms with van der Waals surface area (Å²) in [6.07, 6.45) is 9.15. The first kappa shape index (κ1) is 9.57. The van der Waals surface area contributed by atoms with Crippen molar-refractivity contribution in [3.63, 3.8) is 0 Å². The lowest BCUT2D eigenvalue weighted by Crippen LogP contribution is -2.07. The summed E-state index contributed by atoms with van der Waals surface area (Å²) in [5.74, 6) is 1.33. The molecule has 0 spiro atoms. The molecule has 0 fully saturated rings. The molecular formula is C13H19N. The number of nitrogens with zero attached hydrogens (tertiary/aromatic N) is 1. The molecule has 2 unspecified atom stereocenters. The average molecular weight is 189 g/mol. The highest BCUT2D eigenvalue weighted by Gasteiger charge is 2.20. The van der Waals surface area contributed by atoms with Crippen LogP contribution in [0.5, 0.6) is 0 Å². The molecule has 0 aliphatic heterocycles. The third-order valence-electron chi connectivity index (χ3n) is 3.36. The van der Waals surface area contributed by atoms with E-state index in [1.165, 1.54) is 11.1 Å². The van der Waals surface area contributed by atoms with Crippen molar-refractivity contribution in [2.24, 2.45) is 5.92 Å². The minimum absolute atomic E-state index is 0.566. The molecule has 0 aromatic carbocycles. The Labute approximate surface area is 86.4 Å². The highest BCUT2D eigenvalue weighted by Crippen LogP contribution is 2.34. The molecule has 1 aliphatic rings. The van der Waals surface area contributed by atoms with Crippen LogP contribution in [0.2, 0.25) is 0 Å². The lowest BCUT2D eigenvalue weighted by atomic mass is 9.84. The standard InChI is InChI=1S/C13H19N/c1-9(2)14-7-12-6-5-10(3)11(4)13(12)8-14/h5-11H,1-4H3. The van der Waals surface area contributed by atoms with Gasteiger partial charge in [0, 0.05) is 18.4 Å². The van der Waals surface area contributed by atoms with E-state index in [0.29, 0.717) is 17.9 Å². The number of allylic oxidation sites excluding steroid dienone is 1. The van der Waals surface area contributed by atoms with Crippen LogP contribution in [0.3, 0.4) is 0 Å². The van der Waals surface area contributed by atoms with Crippen molar-refractivity contribution in [1.82, 2.24) is 4.57 Å². The average Bonchev–Trinajstić information content (AvgIpc) is 2.56. The fourth-order valence-electron chi connectivity index (χ4n) is 2.03. The fraction of sp³-hybridized carbons (Fsp3) is 0.538. The lowest BCUT2D eigenvalue weighted by Gasteiger charge is -2.20. The molecule has 1 aliphatic carbocycles. The quantitative estimate of drug-likeness (QED) is 0.632. The first-order chi connectivity index (χ1) is 6.59. The maximum atomic E-state index is 2.32. The maximum absolute atomic E-state index is 2.32. The first-order valence-electron chi connectivity index (χ1n) is 5.49. The molecule has 1 heterocycles. The predicted octanol–water partition coefficient (Wildman–Crippen LogP) is 3.84. The van der Waals surface area contributed by atoms with Gasteiger partial charge in [0.05, 0.1) is 0 Å². The number of rotatable bonds is 1. The Morgan fingerprint density at radius 2 is 1.93 bits per heavy atom. The molecule has 2 rings (SSSR count). The van der Waals surface area contributed by atoms with Crippen molar-refractivity contribution in [3.05, 3.63) is 29.6 Å². The summed E-state index contributed by atoms with van der Waals surface area (Å²) < 4.78 is 2.31. The summed E-state index contributed by atoms with van der Waals surface area (Å²) in [5.41, 5.74) is 2.91. The van der Waals surface area contributed by atoms with Crippen LogP contribution >= 0.6 is 0 Å². The molecule has 1 aromatic rings. The summed E-state index contributed by atoms with van der Waals surface area (Å²) in [6, 6.07) is 0.566. The van der Waals surface area contributed by atoms with Gasteiger partial charge < -0.3 is 4.57 Å². The Morgan fingerprint density at radius 1 is 1.21 bits per heavy atom. The van der Waals surface area contributed by atoms with E-state index in [2.05, 4.69) is 56.8 Å². The van der Waals surface area contributed by atoms with Crippen LogP contribution in [-0.4, -0.2) is 4.57 Å². The summed E-state index contributed by atoms with van der Waals surface area (Å²) in [5, 5.41) is 0. The number of hydrogen-bond acceptors (Lipinski definition) is 0. The molecule has 76 valence electrons. The molecule has 0 saturated heterocycles. The van der Waals surface area contributed by atoms with Gasteiger partial charge >= 0.3 is 0 Å². The van der Waals surface area contributed by atoms with Gasteiger partial charge in [-0.1, -0.05) is 26.0 Å².